The van der Waals surface area contributed by atoms with Crippen molar-refractivity contribution in [1.82, 2.24) is 10.2 Å². The molecule has 160 valence electrons. The van der Waals surface area contributed by atoms with E-state index in [0.29, 0.717) is 30.9 Å². The van der Waals surface area contributed by atoms with E-state index in [1.54, 1.807) is 19.1 Å². The lowest BCUT2D eigenvalue weighted by Gasteiger charge is -2.30. The van der Waals surface area contributed by atoms with Gasteiger partial charge in [-0.2, -0.15) is 0 Å². The van der Waals surface area contributed by atoms with Gasteiger partial charge in [-0.05, 0) is 48.2 Å². The quantitative estimate of drug-likeness (QED) is 0.685. The Morgan fingerprint density at radius 1 is 1.13 bits per heavy atom. The molecule has 0 spiro atoms. The van der Waals surface area contributed by atoms with Gasteiger partial charge in [-0.1, -0.05) is 25.1 Å². The van der Waals surface area contributed by atoms with Crippen LogP contribution < -0.4 is 19.5 Å². The van der Waals surface area contributed by atoms with Gasteiger partial charge in [-0.3, -0.25) is 9.59 Å². The van der Waals surface area contributed by atoms with Crippen LogP contribution in [-0.2, 0) is 22.6 Å². The van der Waals surface area contributed by atoms with Crippen molar-refractivity contribution >= 4 is 11.8 Å². The average molecular weight is 412 g/mol. The van der Waals surface area contributed by atoms with Gasteiger partial charge in [-0.25, -0.2) is 0 Å². The predicted octanol–water partition coefficient (Wildman–Crippen LogP) is 2.91. The number of hydrogen-bond acceptors (Lipinski definition) is 5. The fourth-order valence-electron chi connectivity index (χ4n) is 3.54. The molecule has 1 atom stereocenters. The summed E-state index contributed by atoms with van der Waals surface area (Å²) in [5, 5.41) is 2.67. The SMILES string of the molecule is CCC(C(=O)NC)N(Cc1cccc(OC)c1)C(=O)CCc1ccc2c(c1)OCO2. The Balaban J connectivity index is 1.75. The first-order valence-electron chi connectivity index (χ1n) is 10.1. The minimum absolute atomic E-state index is 0.0778. The van der Waals surface area contributed by atoms with Crippen LogP contribution in [0, 0.1) is 0 Å². The highest BCUT2D eigenvalue weighted by Gasteiger charge is 2.28. The van der Waals surface area contributed by atoms with Crippen LogP contribution in [0.4, 0.5) is 0 Å². The van der Waals surface area contributed by atoms with Crippen LogP contribution in [0.3, 0.4) is 0 Å². The van der Waals surface area contributed by atoms with E-state index in [0.717, 1.165) is 16.9 Å². The number of carbonyl (C=O) groups is 2. The molecule has 1 unspecified atom stereocenters. The zero-order valence-electron chi connectivity index (χ0n) is 17.6. The summed E-state index contributed by atoms with van der Waals surface area (Å²) >= 11 is 0. The summed E-state index contributed by atoms with van der Waals surface area (Å²) in [5.41, 5.74) is 1.90. The minimum Gasteiger partial charge on any atom is -0.497 e. The third kappa shape index (κ3) is 5.03. The number of benzene rings is 2. The molecule has 0 bridgehead atoms. The van der Waals surface area contributed by atoms with Crippen LogP contribution in [0.5, 0.6) is 17.2 Å². The van der Waals surface area contributed by atoms with Crippen molar-refractivity contribution in [2.75, 3.05) is 21.0 Å². The predicted molar refractivity (Wildman–Crippen MR) is 113 cm³/mol. The first-order chi connectivity index (χ1) is 14.5. The third-order valence-corrected chi connectivity index (χ3v) is 5.18. The van der Waals surface area contributed by atoms with Gasteiger partial charge in [0.1, 0.15) is 11.8 Å². The summed E-state index contributed by atoms with van der Waals surface area (Å²) in [7, 11) is 3.19. The molecular weight excluding hydrogens is 384 g/mol. The second-order valence-electron chi connectivity index (χ2n) is 7.10. The Labute approximate surface area is 176 Å². The largest absolute Gasteiger partial charge is 0.497 e. The second-order valence-corrected chi connectivity index (χ2v) is 7.10. The standard InChI is InChI=1S/C23H28N2O5/c1-4-19(23(27)24-2)25(14-17-6-5-7-18(12-17)28-3)22(26)11-9-16-8-10-20-21(13-16)30-15-29-20/h5-8,10,12-13,19H,4,9,11,14-15H2,1-3H3,(H,24,27). The number of hydrogen-bond donors (Lipinski definition) is 1. The fourth-order valence-corrected chi connectivity index (χ4v) is 3.54. The normalized spacial score (nSPS) is 12.9. The lowest BCUT2D eigenvalue weighted by atomic mass is 10.1. The molecule has 0 aliphatic carbocycles. The van der Waals surface area contributed by atoms with Gasteiger partial charge < -0.3 is 24.4 Å². The van der Waals surface area contributed by atoms with E-state index in [1.807, 2.05) is 49.4 Å². The number of methoxy groups -OCH3 is 1. The first kappa shape index (κ1) is 21.5. The number of fused-ring (bicyclic) bond motifs is 1. The van der Waals surface area contributed by atoms with Gasteiger partial charge in [0.2, 0.25) is 18.6 Å². The summed E-state index contributed by atoms with van der Waals surface area (Å²) in [6.07, 6.45) is 1.37. The molecule has 7 heteroatoms. The average Bonchev–Trinajstić information content (AvgIpc) is 3.25. The van der Waals surface area contributed by atoms with Crippen LogP contribution in [0.2, 0.25) is 0 Å². The number of rotatable bonds is 9. The Kier molecular flexibility index (Phi) is 7.17. The molecule has 0 saturated carbocycles. The lowest BCUT2D eigenvalue weighted by molar-refractivity contribution is -0.141. The Morgan fingerprint density at radius 2 is 1.93 bits per heavy atom. The van der Waals surface area contributed by atoms with Crippen molar-refractivity contribution < 1.29 is 23.8 Å². The summed E-state index contributed by atoms with van der Waals surface area (Å²) in [6.45, 7) is 2.46. The molecule has 2 aromatic rings. The molecule has 1 aliphatic rings. The molecule has 0 fully saturated rings. The molecular formula is C23H28N2O5. The Hall–Kier alpha value is -3.22. The maximum absolute atomic E-state index is 13.2. The van der Waals surface area contributed by atoms with Crippen molar-refractivity contribution in [3.63, 3.8) is 0 Å². The molecule has 0 radical (unpaired) electrons. The van der Waals surface area contributed by atoms with Crippen LogP contribution in [0.25, 0.3) is 0 Å². The maximum atomic E-state index is 13.2. The number of amides is 2. The van der Waals surface area contributed by atoms with E-state index in [4.69, 9.17) is 14.2 Å². The number of carbonyl (C=O) groups excluding carboxylic acids is 2. The number of ether oxygens (including phenoxy) is 3. The van der Waals surface area contributed by atoms with Crippen molar-refractivity contribution in [2.24, 2.45) is 0 Å². The van der Waals surface area contributed by atoms with Gasteiger partial charge in [0.15, 0.2) is 11.5 Å². The number of likely N-dealkylation sites (N-methyl/N-ethyl adjacent to an activating group) is 1. The molecule has 2 aromatic carbocycles. The van der Waals surface area contributed by atoms with E-state index < -0.39 is 6.04 Å². The van der Waals surface area contributed by atoms with Gasteiger partial charge in [0, 0.05) is 20.0 Å². The molecule has 3 rings (SSSR count). The molecule has 7 nitrogen and oxygen atoms in total. The van der Waals surface area contributed by atoms with Crippen LogP contribution in [0.15, 0.2) is 42.5 Å². The zero-order chi connectivity index (χ0) is 21.5. The fraction of sp³-hybridized carbons (Fsp3) is 0.391. The summed E-state index contributed by atoms with van der Waals surface area (Å²) < 4.78 is 16.0. The number of nitrogens with one attached hydrogen (secondary N) is 1. The van der Waals surface area contributed by atoms with Crippen molar-refractivity contribution in [3.05, 3.63) is 53.6 Å². The molecule has 1 heterocycles. The van der Waals surface area contributed by atoms with Crippen LogP contribution >= 0.6 is 0 Å². The first-order valence-corrected chi connectivity index (χ1v) is 10.1. The summed E-state index contributed by atoms with van der Waals surface area (Å²) in [4.78, 5) is 27.3. The number of aryl methyl sites for hydroxylation is 1. The van der Waals surface area contributed by atoms with Crippen molar-refractivity contribution in [2.45, 2.75) is 38.8 Å². The lowest BCUT2D eigenvalue weighted by Crippen LogP contribution is -2.48. The molecule has 1 N–H and O–H groups in total. The smallest absolute Gasteiger partial charge is 0.242 e. The monoisotopic (exact) mass is 412 g/mol. The third-order valence-electron chi connectivity index (χ3n) is 5.18. The highest BCUT2D eigenvalue weighted by Crippen LogP contribution is 2.32. The topological polar surface area (TPSA) is 77.1 Å². The maximum Gasteiger partial charge on any atom is 0.242 e. The Morgan fingerprint density at radius 3 is 2.67 bits per heavy atom. The van der Waals surface area contributed by atoms with Crippen LogP contribution in [-0.4, -0.2) is 43.7 Å². The van der Waals surface area contributed by atoms with E-state index in [9.17, 15) is 9.59 Å². The van der Waals surface area contributed by atoms with Crippen molar-refractivity contribution in [3.8, 4) is 17.2 Å². The van der Waals surface area contributed by atoms with Crippen molar-refractivity contribution in [1.29, 1.82) is 0 Å². The second kappa shape index (κ2) is 10.0. The number of nitrogens with zero attached hydrogens (tertiary/aromatic N) is 1. The van der Waals surface area contributed by atoms with E-state index in [1.165, 1.54) is 0 Å². The van der Waals surface area contributed by atoms with Gasteiger partial charge in [0.05, 0.1) is 7.11 Å². The van der Waals surface area contributed by atoms with E-state index >= 15 is 0 Å². The Bertz CT molecular complexity index is 899. The van der Waals surface area contributed by atoms with E-state index in [-0.39, 0.29) is 25.0 Å². The minimum atomic E-state index is -0.537. The van der Waals surface area contributed by atoms with Gasteiger partial charge in [-0.15, -0.1) is 0 Å². The molecule has 30 heavy (non-hydrogen) atoms. The van der Waals surface area contributed by atoms with Gasteiger partial charge in [0.25, 0.3) is 0 Å². The molecule has 0 aromatic heterocycles. The summed E-state index contributed by atoms with van der Waals surface area (Å²) in [5.74, 6) is 1.89. The molecule has 0 saturated heterocycles. The molecule has 1 aliphatic heterocycles. The van der Waals surface area contributed by atoms with Crippen LogP contribution in [0.1, 0.15) is 30.9 Å². The van der Waals surface area contributed by atoms with E-state index in [2.05, 4.69) is 5.32 Å². The highest BCUT2D eigenvalue weighted by molar-refractivity contribution is 5.87. The zero-order valence-corrected chi connectivity index (χ0v) is 17.6. The summed E-state index contributed by atoms with van der Waals surface area (Å²) in [6, 6.07) is 12.7. The highest BCUT2D eigenvalue weighted by atomic mass is 16.7. The van der Waals surface area contributed by atoms with Gasteiger partial charge >= 0.3 is 0 Å². The molecule has 2 amide bonds.